The Labute approximate surface area is 284 Å². The minimum Gasteiger partial charge on any atom is -0.512 e. The number of aliphatic hydroxyl groups excluding tert-OH is 1. The number of ketones is 1. The van der Waals surface area contributed by atoms with Gasteiger partial charge < -0.3 is 14.5 Å². The molecule has 1 atom stereocenters. The van der Waals surface area contributed by atoms with Gasteiger partial charge in [-0.15, -0.1) is 18.2 Å². The van der Waals surface area contributed by atoms with E-state index in [4.69, 9.17) is 4.42 Å². The average Bonchev–Trinajstić information content (AvgIpc) is 3.87. The van der Waals surface area contributed by atoms with E-state index >= 15 is 0 Å². The van der Waals surface area contributed by atoms with Crippen LogP contribution in [0.2, 0.25) is 0 Å². The molecule has 1 radical (unpaired) electrons. The number of allylic oxidation sites excluding steroid dienone is 9. The van der Waals surface area contributed by atoms with E-state index in [0.717, 1.165) is 66.3 Å². The Morgan fingerprint density at radius 1 is 0.957 bits per heavy atom. The fourth-order valence-corrected chi connectivity index (χ4v) is 8.16. The minimum absolute atomic E-state index is 0. The van der Waals surface area contributed by atoms with Crippen LogP contribution >= 0.6 is 0 Å². The average molecular weight is 785 g/mol. The van der Waals surface area contributed by atoms with Gasteiger partial charge in [-0.3, -0.25) is 4.79 Å². The van der Waals surface area contributed by atoms with E-state index in [9.17, 15) is 9.90 Å². The number of furan rings is 1. The van der Waals surface area contributed by atoms with Crippen LogP contribution in [0.3, 0.4) is 0 Å². The molecular weight excluding hydrogens is 747 g/mol. The molecule has 5 aliphatic rings. The molecule has 5 aliphatic carbocycles. The van der Waals surface area contributed by atoms with Gasteiger partial charge in [-0.1, -0.05) is 85.2 Å². The third kappa shape index (κ3) is 5.58. The van der Waals surface area contributed by atoms with Crippen LogP contribution in [0.1, 0.15) is 81.3 Å². The van der Waals surface area contributed by atoms with Gasteiger partial charge in [0.05, 0.1) is 11.3 Å². The standard InChI is InChI=1S/C28H18NO.C13H20O2.Ir/c1-2-15-29-24(12-1)21-10-5-11-22-27-23-16-18-8-3-6-17-7-4-9-20(26(17)18)19(23)13-14-25(27)30-28(21)22;14-12(10-5-1-2-6-10)9-13(15)11-7-3-4-8-11;/h1-7,11-16,20H,8-9H2;9-11,14H,1-8H2;/q-1;;/b;12-9-;. The summed E-state index contributed by atoms with van der Waals surface area (Å²) in [6.07, 6.45) is 25.8. The topological polar surface area (TPSA) is 63.3 Å². The van der Waals surface area contributed by atoms with Crippen LogP contribution in [0.25, 0.3) is 39.3 Å². The number of aliphatic hydroxyl groups is 1. The van der Waals surface area contributed by atoms with Gasteiger partial charge in [0.25, 0.3) is 0 Å². The monoisotopic (exact) mass is 785 g/mol. The summed E-state index contributed by atoms with van der Waals surface area (Å²) in [5.41, 5.74) is 10.7. The molecule has 0 aliphatic heterocycles. The number of carbonyl (C=O) groups is 1. The predicted molar refractivity (Wildman–Crippen MR) is 181 cm³/mol. The van der Waals surface area contributed by atoms with Crippen molar-refractivity contribution < 1.29 is 34.4 Å². The van der Waals surface area contributed by atoms with Gasteiger partial charge >= 0.3 is 0 Å². The van der Waals surface area contributed by atoms with Gasteiger partial charge in [-0.05, 0) is 84.2 Å². The van der Waals surface area contributed by atoms with Crippen molar-refractivity contribution in [2.45, 2.75) is 70.1 Å². The first-order valence-electron chi connectivity index (χ1n) is 16.7. The van der Waals surface area contributed by atoms with Crippen molar-refractivity contribution in [3.05, 3.63) is 119 Å². The molecule has 1 unspecified atom stereocenters. The Hall–Kier alpha value is -3.79. The summed E-state index contributed by atoms with van der Waals surface area (Å²) in [7, 11) is 0. The summed E-state index contributed by atoms with van der Waals surface area (Å²) in [6, 6.07) is 17.8. The predicted octanol–water partition coefficient (Wildman–Crippen LogP) is 10.5. The van der Waals surface area contributed by atoms with Gasteiger partial charge in [-0.25, -0.2) is 0 Å². The maximum Gasteiger partial charge on any atom is 0.162 e. The summed E-state index contributed by atoms with van der Waals surface area (Å²) in [5.74, 6) is 1.43. The Bertz CT molecular complexity index is 1940. The van der Waals surface area contributed by atoms with E-state index in [1.807, 2.05) is 30.5 Å². The summed E-state index contributed by atoms with van der Waals surface area (Å²) < 4.78 is 6.40. The number of aromatic nitrogens is 1. The van der Waals surface area contributed by atoms with E-state index in [2.05, 4.69) is 59.6 Å². The van der Waals surface area contributed by atoms with Crippen molar-refractivity contribution >= 4 is 33.8 Å². The first-order chi connectivity index (χ1) is 22.2. The van der Waals surface area contributed by atoms with Crippen LogP contribution in [0.4, 0.5) is 0 Å². The van der Waals surface area contributed by atoms with Crippen LogP contribution in [0.15, 0.2) is 106 Å². The molecule has 1 N–H and O–H groups in total. The summed E-state index contributed by atoms with van der Waals surface area (Å²) in [4.78, 5) is 16.3. The first-order valence-corrected chi connectivity index (χ1v) is 16.7. The Morgan fingerprint density at radius 2 is 1.74 bits per heavy atom. The molecule has 5 heteroatoms. The molecule has 2 saturated carbocycles. The number of benzene rings is 2. The molecule has 9 rings (SSSR count). The van der Waals surface area contributed by atoms with E-state index in [1.165, 1.54) is 65.0 Å². The molecule has 0 spiro atoms. The van der Waals surface area contributed by atoms with Crippen LogP contribution in [0, 0.1) is 17.9 Å². The molecule has 4 aromatic rings. The van der Waals surface area contributed by atoms with Crippen LogP contribution in [0.5, 0.6) is 0 Å². The summed E-state index contributed by atoms with van der Waals surface area (Å²) in [6.45, 7) is 0. The quantitative estimate of drug-likeness (QED) is 0.127. The Morgan fingerprint density at radius 3 is 2.52 bits per heavy atom. The molecule has 2 fully saturated rings. The molecule has 0 bridgehead atoms. The Balaban J connectivity index is 0.000000180. The number of fused-ring (bicyclic) bond motifs is 6. The molecule has 2 aromatic carbocycles. The molecule has 2 aromatic heterocycles. The number of pyridine rings is 1. The number of hydrogen-bond acceptors (Lipinski definition) is 4. The normalized spacial score (nSPS) is 20.7. The molecule has 0 saturated heterocycles. The molecule has 46 heavy (non-hydrogen) atoms. The van der Waals surface area contributed by atoms with Gasteiger partial charge in [0.15, 0.2) is 5.78 Å². The van der Waals surface area contributed by atoms with Crippen molar-refractivity contribution in [3.8, 4) is 11.3 Å². The van der Waals surface area contributed by atoms with E-state index in [1.54, 1.807) is 0 Å². The van der Waals surface area contributed by atoms with Gasteiger partial charge in [0.2, 0.25) is 0 Å². The SMILES string of the molecule is O=C(/C=C(\O)C1CCCC1)C1CCCC1.[Ir].[c-]1ccc2c(oc3ccc4c(c32)C=C2CC=CC3=C2C4CC=C3)c1-c1ccccn1. The molecule has 4 nitrogen and oxygen atoms in total. The van der Waals surface area contributed by atoms with Gasteiger partial charge in [0, 0.05) is 55.5 Å². The van der Waals surface area contributed by atoms with E-state index < -0.39 is 0 Å². The number of nitrogens with zero attached hydrogens (tertiary/aromatic N) is 1. The second kappa shape index (κ2) is 13.1. The number of hydrogen-bond donors (Lipinski definition) is 1. The second-order valence-electron chi connectivity index (χ2n) is 13.1. The molecule has 0 amide bonds. The van der Waals surface area contributed by atoms with Crippen LogP contribution in [-0.2, 0) is 24.9 Å². The first kappa shape index (κ1) is 30.8. The van der Waals surface area contributed by atoms with E-state index in [0.29, 0.717) is 11.7 Å². The van der Waals surface area contributed by atoms with Gasteiger partial charge in [-0.2, -0.15) is 0 Å². The fraction of sp³-hybridized carbons (Fsp3) is 0.317. The van der Waals surface area contributed by atoms with Crippen molar-refractivity contribution in [1.29, 1.82) is 0 Å². The van der Waals surface area contributed by atoms with Crippen molar-refractivity contribution in [2.24, 2.45) is 11.8 Å². The smallest absolute Gasteiger partial charge is 0.162 e. The zero-order chi connectivity index (χ0) is 30.3. The second-order valence-corrected chi connectivity index (χ2v) is 13.1. The van der Waals surface area contributed by atoms with Crippen molar-refractivity contribution in [1.82, 2.24) is 4.98 Å². The maximum absolute atomic E-state index is 11.8. The number of carbonyl (C=O) groups excluding carboxylic acids is 1. The van der Waals surface area contributed by atoms with Crippen LogP contribution < -0.4 is 0 Å². The van der Waals surface area contributed by atoms with Crippen LogP contribution in [-0.4, -0.2) is 15.9 Å². The zero-order valence-corrected chi connectivity index (χ0v) is 28.3. The summed E-state index contributed by atoms with van der Waals surface area (Å²) >= 11 is 0. The van der Waals surface area contributed by atoms with Crippen molar-refractivity contribution in [2.75, 3.05) is 0 Å². The molecular formula is C41H38IrNO3-. The van der Waals surface area contributed by atoms with E-state index in [-0.39, 0.29) is 37.7 Å². The van der Waals surface area contributed by atoms with Crippen molar-refractivity contribution in [3.63, 3.8) is 0 Å². The largest absolute Gasteiger partial charge is 0.512 e. The molecule has 235 valence electrons. The maximum atomic E-state index is 11.8. The third-order valence-corrected chi connectivity index (χ3v) is 10.4. The molecule has 2 heterocycles. The third-order valence-electron chi connectivity index (χ3n) is 10.4. The van der Waals surface area contributed by atoms with Gasteiger partial charge in [0.1, 0.15) is 5.58 Å². The fourth-order valence-electron chi connectivity index (χ4n) is 8.16. The number of rotatable bonds is 4. The minimum atomic E-state index is 0. The summed E-state index contributed by atoms with van der Waals surface area (Å²) in [5, 5.41) is 12.2. The Kier molecular flexibility index (Phi) is 8.81. The zero-order valence-electron chi connectivity index (χ0n) is 25.9.